The number of carbonyl (C=O) groups excluding carboxylic acids is 1. The highest BCUT2D eigenvalue weighted by Gasteiger charge is 2.25. The molecule has 0 radical (unpaired) electrons. The molecule has 2 heterocycles. The molecule has 0 saturated heterocycles. The number of hydrogen-bond acceptors (Lipinski definition) is 6. The summed E-state index contributed by atoms with van der Waals surface area (Å²) in [7, 11) is 2.08. The fourth-order valence-corrected chi connectivity index (χ4v) is 3.59. The summed E-state index contributed by atoms with van der Waals surface area (Å²) in [5, 5.41) is 7.16. The summed E-state index contributed by atoms with van der Waals surface area (Å²) in [6.07, 6.45) is 6.76. The van der Waals surface area contributed by atoms with Crippen LogP contribution in [0.1, 0.15) is 54.8 Å². The van der Waals surface area contributed by atoms with Crippen molar-refractivity contribution in [1.82, 2.24) is 25.3 Å². The SMILES string of the molecule is CCc1nc(CN(C)C[C@@H]2CCC[C@@H](NC(=O)c3ccccn3)C2)no1. The van der Waals surface area contributed by atoms with Gasteiger partial charge in [-0.25, -0.2) is 0 Å². The maximum absolute atomic E-state index is 12.3. The first-order valence-corrected chi connectivity index (χ1v) is 9.36. The molecule has 0 aliphatic heterocycles. The lowest BCUT2D eigenvalue weighted by Crippen LogP contribution is -2.40. The molecule has 1 aliphatic rings. The summed E-state index contributed by atoms with van der Waals surface area (Å²) >= 11 is 0. The van der Waals surface area contributed by atoms with Gasteiger partial charge >= 0.3 is 0 Å². The van der Waals surface area contributed by atoms with Gasteiger partial charge in [-0.3, -0.25) is 14.7 Å². The van der Waals surface area contributed by atoms with Gasteiger partial charge in [-0.1, -0.05) is 24.6 Å². The Morgan fingerprint density at radius 3 is 3.00 bits per heavy atom. The van der Waals surface area contributed by atoms with Gasteiger partial charge in [0.1, 0.15) is 5.69 Å². The third kappa shape index (κ3) is 5.11. The van der Waals surface area contributed by atoms with E-state index in [1.54, 1.807) is 12.3 Å². The molecule has 1 amide bonds. The molecule has 1 fully saturated rings. The van der Waals surface area contributed by atoms with Crippen LogP contribution in [-0.4, -0.2) is 45.6 Å². The maximum Gasteiger partial charge on any atom is 0.270 e. The normalized spacial score (nSPS) is 20.3. The number of amides is 1. The van der Waals surface area contributed by atoms with E-state index in [0.29, 0.717) is 24.0 Å². The summed E-state index contributed by atoms with van der Waals surface area (Å²) in [6.45, 7) is 3.65. The molecule has 0 bridgehead atoms. The summed E-state index contributed by atoms with van der Waals surface area (Å²) < 4.78 is 5.17. The second kappa shape index (κ2) is 8.89. The van der Waals surface area contributed by atoms with E-state index in [9.17, 15) is 4.79 Å². The standard InChI is InChI=1S/C19H27N5O2/c1-3-18-22-17(23-26-18)13-24(2)12-14-7-6-8-15(11-14)21-19(25)16-9-4-5-10-20-16/h4-5,9-10,14-15H,3,6-8,11-13H2,1-2H3,(H,21,25)/t14-,15-/m1/s1. The van der Waals surface area contributed by atoms with E-state index >= 15 is 0 Å². The average molecular weight is 357 g/mol. The molecule has 0 aromatic carbocycles. The quantitative estimate of drug-likeness (QED) is 0.819. The van der Waals surface area contributed by atoms with Gasteiger partial charge in [0.05, 0.1) is 6.54 Å². The van der Waals surface area contributed by atoms with E-state index in [1.165, 1.54) is 6.42 Å². The Labute approximate surface area is 154 Å². The summed E-state index contributed by atoms with van der Waals surface area (Å²) in [6, 6.07) is 5.62. The molecule has 140 valence electrons. The minimum absolute atomic E-state index is 0.0801. The minimum atomic E-state index is -0.0801. The van der Waals surface area contributed by atoms with Crippen molar-refractivity contribution in [3.63, 3.8) is 0 Å². The minimum Gasteiger partial charge on any atom is -0.348 e. The zero-order chi connectivity index (χ0) is 18.4. The second-order valence-electron chi connectivity index (χ2n) is 7.07. The van der Waals surface area contributed by atoms with Crippen molar-refractivity contribution in [2.45, 2.75) is 51.6 Å². The van der Waals surface area contributed by atoms with Crippen molar-refractivity contribution >= 4 is 5.91 Å². The van der Waals surface area contributed by atoms with Crippen LogP contribution in [0.4, 0.5) is 0 Å². The number of carbonyl (C=O) groups is 1. The molecular formula is C19H27N5O2. The van der Waals surface area contributed by atoms with E-state index in [4.69, 9.17) is 4.52 Å². The Hall–Kier alpha value is -2.28. The van der Waals surface area contributed by atoms with Crippen LogP contribution >= 0.6 is 0 Å². The largest absolute Gasteiger partial charge is 0.348 e. The predicted molar refractivity (Wildman–Crippen MR) is 97.5 cm³/mol. The second-order valence-corrected chi connectivity index (χ2v) is 7.07. The van der Waals surface area contributed by atoms with Crippen molar-refractivity contribution < 1.29 is 9.32 Å². The molecule has 2 aromatic heterocycles. The fourth-order valence-electron chi connectivity index (χ4n) is 3.59. The molecule has 3 rings (SSSR count). The summed E-state index contributed by atoms with van der Waals surface area (Å²) in [5.74, 6) is 1.90. The van der Waals surface area contributed by atoms with Crippen molar-refractivity contribution in [3.05, 3.63) is 41.8 Å². The van der Waals surface area contributed by atoms with Crippen LogP contribution in [0.25, 0.3) is 0 Å². The first-order chi connectivity index (χ1) is 12.6. The predicted octanol–water partition coefficient (Wildman–Crippen LogP) is 2.45. The molecule has 1 N–H and O–H groups in total. The van der Waals surface area contributed by atoms with Crippen LogP contribution in [-0.2, 0) is 13.0 Å². The van der Waals surface area contributed by atoms with Crippen LogP contribution in [0.5, 0.6) is 0 Å². The van der Waals surface area contributed by atoms with E-state index in [-0.39, 0.29) is 11.9 Å². The molecule has 0 unspecified atom stereocenters. The van der Waals surface area contributed by atoms with E-state index in [1.807, 2.05) is 19.1 Å². The van der Waals surface area contributed by atoms with Crippen LogP contribution in [0.2, 0.25) is 0 Å². The highest BCUT2D eigenvalue weighted by molar-refractivity contribution is 5.92. The van der Waals surface area contributed by atoms with Gasteiger partial charge in [-0.05, 0) is 44.4 Å². The van der Waals surface area contributed by atoms with E-state index < -0.39 is 0 Å². The van der Waals surface area contributed by atoms with Crippen molar-refractivity contribution in [3.8, 4) is 0 Å². The lowest BCUT2D eigenvalue weighted by Gasteiger charge is -2.32. The van der Waals surface area contributed by atoms with Crippen molar-refractivity contribution in [2.24, 2.45) is 5.92 Å². The van der Waals surface area contributed by atoms with Gasteiger partial charge in [-0.15, -0.1) is 0 Å². The molecule has 0 spiro atoms. The van der Waals surface area contributed by atoms with Crippen LogP contribution < -0.4 is 5.32 Å². The third-order valence-electron chi connectivity index (χ3n) is 4.81. The molecule has 1 aliphatic carbocycles. The molecule has 26 heavy (non-hydrogen) atoms. The number of aryl methyl sites for hydroxylation is 1. The van der Waals surface area contributed by atoms with Gasteiger partial charge in [0.15, 0.2) is 5.82 Å². The first kappa shape index (κ1) is 18.5. The third-order valence-corrected chi connectivity index (χ3v) is 4.81. The summed E-state index contributed by atoms with van der Waals surface area (Å²) in [5.41, 5.74) is 0.482. The summed E-state index contributed by atoms with van der Waals surface area (Å²) in [4.78, 5) is 23.0. The zero-order valence-corrected chi connectivity index (χ0v) is 15.5. The van der Waals surface area contributed by atoms with Gasteiger partial charge in [0, 0.05) is 25.2 Å². The molecule has 2 atom stereocenters. The molecule has 7 heteroatoms. The van der Waals surface area contributed by atoms with Crippen LogP contribution in [0.3, 0.4) is 0 Å². The fraction of sp³-hybridized carbons (Fsp3) is 0.579. The van der Waals surface area contributed by atoms with Crippen molar-refractivity contribution in [2.75, 3.05) is 13.6 Å². The van der Waals surface area contributed by atoms with Gasteiger partial charge in [-0.2, -0.15) is 4.98 Å². The maximum atomic E-state index is 12.3. The average Bonchev–Trinajstić information content (AvgIpc) is 3.10. The lowest BCUT2D eigenvalue weighted by molar-refractivity contribution is 0.0908. The Morgan fingerprint density at radius 1 is 1.38 bits per heavy atom. The number of hydrogen-bond donors (Lipinski definition) is 1. The lowest BCUT2D eigenvalue weighted by atomic mass is 9.85. The molecule has 2 aromatic rings. The topological polar surface area (TPSA) is 84.2 Å². The molecule has 1 saturated carbocycles. The molecule has 7 nitrogen and oxygen atoms in total. The number of nitrogens with one attached hydrogen (secondary N) is 1. The smallest absolute Gasteiger partial charge is 0.270 e. The number of pyridine rings is 1. The monoisotopic (exact) mass is 357 g/mol. The number of aromatic nitrogens is 3. The Kier molecular flexibility index (Phi) is 6.33. The highest BCUT2D eigenvalue weighted by atomic mass is 16.5. The van der Waals surface area contributed by atoms with Gasteiger partial charge in [0.25, 0.3) is 5.91 Å². The zero-order valence-electron chi connectivity index (χ0n) is 15.5. The van der Waals surface area contributed by atoms with Crippen molar-refractivity contribution in [1.29, 1.82) is 0 Å². The van der Waals surface area contributed by atoms with Crippen LogP contribution in [0, 0.1) is 5.92 Å². The first-order valence-electron chi connectivity index (χ1n) is 9.36. The van der Waals surface area contributed by atoms with Gasteiger partial charge < -0.3 is 9.84 Å². The highest BCUT2D eigenvalue weighted by Crippen LogP contribution is 2.25. The van der Waals surface area contributed by atoms with E-state index in [2.05, 4.69) is 32.4 Å². The Balaban J connectivity index is 1.47. The van der Waals surface area contributed by atoms with Gasteiger partial charge in [0.2, 0.25) is 5.89 Å². The van der Waals surface area contributed by atoms with E-state index in [0.717, 1.165) is 38.1 Å². The molecular weight excluding hydrogens is 330 g/mol. The number of nitrogens with zero attached hydrogens (tertiary/aromatic N) is 4. The van der Waals surface area contributed by atoms with Crippen LogP contribution in [0.15, 0.2) is 28.9 Å². The Bertz CT molecular complexity index is 703. The number of rotatable bonds is 7. The Morgan fingerprint density at radius 2 is 2.27 bits per heavy atom.